The van der Waals surface area contributed by atoms with Crippen LogP contribution in [0.5, 0.6) is 0 Å². The van der Waals surface area contributed by atoms with E-state index in [0.29, 0.717) is 19.5 Å². The number of nitrogens with zero attached hydrogens (tertiary/aromatic N) is 1. The van der Waals surface area contributed by atoms with Crippen molar-refractivity contribution < 1.29 is 9.63 Å². The van der Waals surface area contributed by atoms with Gasteiger partial charge in [0.05, 0.1) is 6.42 Å². The van der Waals surface area contributed by atoms with Gasteiger partial charge in [-0.2, -0.15) is 0 Å². The third-order valence-corrected chi connectivity index (χ3v) is 3.23. The minimum atomic E-state index is -0.390. The van der Waals surface area contributed by atoms with Gasteiger partial charge in [0.1, 0.15) is 5.60 Å². The van der Waals surface area contributed by atoms with Crippen molar-refractivity contribution in [3.8, 4) is 0 Å². The smallest absolute Gasteiger partial charge is 0.249 e. The number of hydrogen-bond acceptors (Lipinski definition) is 3. The summed E-state index contributed by atoms with van der Waals surface area (Å²) in [5, 5.41) is 1.47. The summed E-state index contributed by atoms with van der Waals surface area (Å²) in [4.78, 5) is 17.5. The molecule has 0 saturated carbocycles. The molecule has 0 radical (unpaired) electrons. The molecular formula is C11H22N2O2. The molecule has 0 aromatic carbocycles. The van der Waals surface area contributed by atoms with Crippen LogP contribution < -0.4 is 5.73 Å². The summed E-state index contributed by atoms with van der Waals surface area (Å²) < 4.78 is 0. The summed E-state index contributed by atoms with van der Waals surface area (Å²) in [6, 6.07) is 0. The van der Waals surface area contributed by atoms with Crippen molar-refractivity contribution in [2.45, 2.75) is 46.1 Å². The first-order chi connectivity index (χ1) is 6.80. The fraction of sp³-hybridized carbons (Fsp3) is 0.909. The molecule has 1 rings (SSSR count). The monoisotopic (exact) mass is 214 g/mol. The first-order valence-electron chi connectivity index (χ1n) is 5.50. The van der Waals surface area contributed by atoms with E-state index in [1.165, 1.54) is 5.06 Å². The van der Waals surface area contributed by atoms with Gasteiger partial charge < -0.3 is 5.73 Å². The maximum atomic E-state index is 11.7. The fourth-order valence-corrected chi connectivity index (χ4v) is 1.51. The summed E-state index contributed by atoms with van der Waals surface area (Å²) in [7, 11) is 0. The van der Waals surface area contributed by atoms with E-state index in [0.717, 1.165) is 6.42 Å². The van der Waals surface area contributed by atoms with E-state index in [1.807, 2.05) is 6.92 Å². The Hall–Kier alpha value is -0.610. The summed E-state index contributed by atoms with van der Waals surface area (Å²) in [6.07, 6.45) is 1.24. The van der Waals surface area contributed by atoms with E-state index in [2.05, 4.69) is 20.8 Å². The van der Waals surface area contributed by atoms with E-state index in [1.54, 1.807) is 0 Å². The van der Waals surface area contributed by atoms with Crippen LogP contribution in [0.25, 0.3) is 0 Å². The van der Waals surface area contributed by atoms with E-state index in [-0.39, 0.29) is 11.3 Å². The van der Waals surface area contributed by atoms with Crippen molar-refractivity contribution in [2.75, 3.05) is 13.1 Å². The van der Waals surface area contributed by atoms with Gasteiger partial charge in [-0.15, -0.1) is 0 Å². The second-order valence-corrected chi connectivity index (χ2v) is 5.39. The minimum Gasteiger partial charge on any atom is -0.330 e. The lowest BCUT2D eigenvalue weighted by molar-refractivity contribution is -0.220. The van der Waals surface area contributed by atoms with Crippen LogP contribution in [0.3, 0.4) is 0 Å². The molecule has 4 heteroatoms. The predicted octanol–water partition coefficient (Wildman–Crippen LogP) is 1.30. The van der Waals surface area contributed by atoms with Gasteiger partial charge in [-0.25, -0.2) is 5.06 Å². The molecule has 15 heavy (non-hydrogen) atoms. The highest BCUT2D eigenvalue weighted by atomic mass is 16.7. The third-order valence-electron chi connectivity index (χ3n) is 3.23. The molecule has 2 N–H and O–H groups in total. The van der Waals surface area contributed by atoms with Gasteiger partial charge in [0.15, 0.2) is 0 Å². The van der Waals surface area contributed by atoms with Crippen molar-refractivity contribution in [1.29, 1.82) is 0 Å². The molecular weight excluding hydrogens is 192 g/mol. The van der Waals surface area contributed by atoms with E-state index in [4.69, 9.17) is 10.6 Å². The van der Waals surface area contributed by atoms with Gasteiger partial charge in [-0.3, -0.25) is 9.63 Å². The molecule has 1 aliphatic rings. The molecule has 1 atom stereocenters. The van der Waals surface area contributed by atoms with Gasteiger partial charge in [-0.1, -0.05) is 20.8 Å². The largest absolute Gasteiger partial charge is 0.330 e. The number of hydroxylamine groups is 2. The van der Waals surface area contributed by atoms with Crippen LogP contribution in [0.1, 0.15) is 40.5 Å². The molecule has 1 fully saturated rings. The van der Waals surface area contributed by atoms with Crippen molar-refractivity contribution in [1.82, 2.24) is 5.06 Å². The molecule has 1 unspecified atom stereocenters. The number of nitrogens with two attached hydrogens (primary N) is 1. The highest BCUT2D eigenvalue weighted by Crippen LogP contribution is 2.41. The normalized spacial score (nSPS) is 27.5. The van der Waals surface area contributed by atoms with Crippen molar-refractivity contribution in [2.24, 2.45) is 11.1 Å². The molecule has 0 aromatic rings. The van der Waals surface area contributed by atoms with E-state index >= 15 is 0 Å². The minimum absolute atomic E-state index is 0.0415. The fourth-order valence-electron chi connectivity index (χ4n) is 1.51. The zero-order valence-corrected chi connectivity index (χ0v) is 10.2. The van der Waals surface area contributed by atoms with Gasteiger partial charge in [0.2, 0.25) is 5.91 Å². The SMILES string of the molecule is CC(C)(C)C1(C)CC(=O)N(CCCN)O1. The van der Waals surface area contributed by atoms with Crippen molar-refractivity contribution in [3.63, 3.8) is 0 Å². The first kappa shape index (κ1) is 12.5. The number of carbonyl (C=O) groups is 1. The zero-order valence-electron chi connectivity index (χ0n) is 10.2. The Labute approximate surface area is 91.7 Å². The standard InChI is InChI=1S/C11H22N2O2/c1-10(2,3)11(4)8-9(14)13(15-11)7-5-6-12/h5-8,12H2,1-4H3. The van der Waals surface area contributed by atoms with Gasteiger partial charge in [0, 0.05) is 6.54 Å². The number of hydrogen-bond donors (Lipinski definition) is 1. The Morgan fingerprint density at radius 1 is 1.53 bits per heavy atom. The van der Waals surface area contributed by atoms with Crippen LogP contribution in [0.2, 0.25) is 0 Å². The molecule has 4 nitrogen and oxygen atoms in total. The first-order valence-corrected chi connectivity index (χ1v) is 5.50. The van der Waals surface area contributed by atoms with Crippen LogP contribution >= 0.6 is 0 Å². The maximum absolute atomic E-state index is 11.7. The van der Waals surface area contributed by atoms with Crippen LogP contribution in [0.15, 0.2) is 0 Å². The predicted molar refractivity (Wildman–Crippen MR) is 58.9 cm³/mol. The summed E-state index contributed by atoms with van der Waals surface area (Å²) in [5.74, 6) is 0.0703. The molecule has 0 spiro atoms. The quantitative estimate of drug-likeness (QED) is 0.770. The average molecular weight is 214 g/mol. The van der Waals surface area contributed by atoms with Crippen LogP contribution in [-0.2, 0) is 9.63 Å². The summed E-state index contributed by atoms with van der Waals surface area (Å²) in [6.45, 7) is 9.44. The molecule has 0 aromatic heterocycles. The van der Waals surface area contributed by atoms with Gasteiger partial charge >= 0.3 is 0 Å². The highest BCUT2D eigenvalue weighted by Gasteiger charge is 2.48. The number of carbonyl (C=O) groups excluding carboxylic acids is 1. The molecule has 1 heterocycles. The molecule has 0 bridgehead atoms. The Morgan fingerprint density at radius 3 is 2.53 bits per heavy atom. The van der Waals surface area contributed by atoms with Crippen LogP contribution in [0.4, 0.5) is 0 Å². The molecule has 88 valence electrons. The van der Waals surface area contributed by atoms with Crippen molar-refractivity contribution in [3.05, 3.63) is 0 Å². The maximum Gasteiger partial charge on any atom is 0.249 e. The topological polar surface area (TPSA) is 55.6 Å². The van der Waals surface area contributed by atoms with Crippen LogP contribution in [0, 0.1) is 5.41 Å². The Bertz CT molecular complexity index is 247. The molecule has 1 aliphatic heterocycles. The third kappa shape index (κ3) is 2.49. The molecule has 1 amide bonds. The molecule has 1 saturated heterocycles. The number of rotatable bonds is 3. The zero-order chi connectivity index (χ0) is 11.7. The summed E-state index contributed by atoms with van der Waals surface area (Å²) in [5.41, 5.74) is 4.98. The lowest BCUT2D eigenvalue weighted by Crippen LogP contribution is -2.40. The average Bonchev–Trinajstić information content (AvgIpc) is 2.38. The lowest BCUT2D eigenvalue weighted by Gasteiger charge is -2.36. The van der Waals surface area contributed by atoms with E-state index in [9.17, 15) is 4.79 Å². The van der Waals surface area contributed by atoms with Gasteiger partial charge in [-0.05, 0) is 25.3 Å². The second-order valence-electron chi connectivity index (χ2n) is 5.39. The van der Waals surface area contributed by atoms with Gasteiger partial charge in [0.25, 0.3) is 0 Å². The Kier molecular flexibility index (Phi) is 3.41. The summed E-state index contributed by atoms with van der Waals surface area (Å²) >= 11 is 0. The van der Waals surface area contributed by atoms with Crippen molar-refractivity contribution >= 4 is 5.91 Å². The Balaban J connectivity index is 2.66. The van der Waals surface area contributed by atoms with E-state index < -0.39 is 5.60 Å². The number of amides is 1. The second kappa shape index (κ2) is 4.10. The molecule has 0 aliphatic carbocycles. The Morgan fingerprint density at radius 2 is 2.13 bits per heavy atom. The van der Waals surface area contributed by atoms with Crippen LogP contribution in [-0.4, -0.2) is 29.7 Å². The highest BCUT2D eigenvalue weighted by molar-refractivity contribution is 5.78. The lowest BCUT2D eigenvalue weighted by atomic mass is 9.76.